The van der Waals surface area contributed by atoms with Gasteiger partial charge in [-0.1, -0.05) is 78.3 Å². The molecule has 0 spiro atoms. The zero-order chi connectivity index (χ0) is 26.1. The predicted molar refractivity (Wildman–Crippen MR) is 146 cm³/mol. The van der Waals surface area contributed by atoms with Crippen LogP contribution in [0.3, 0.4) is 0 Å². The Morgan fingerprint density at radius 3 is 2.14 bits per heavy atom. The third-order valence-corrected chi connectivity index (χ3v) is 6.80. The van der Waals surface area contributed by atoms with Gasteiger partial charge in [0.15, 0.2) is 0 Å². The summed E-state index contributed by atoms with van der Waals surface area (Å²) in [4.78, 5) is 28.8. The molecule has 36 heavy (non-hydrogen) atoms. The number of rotatable bonds is 10. The van der Waals surface area contributed by atoms with Gasteiger partial charge in [-0.15, -0.1) is 11.8 Å². The van der Waals surface area contributed by atoms with E-state index in [1.54, 1.807) is 17.0 Å². The van der Waals surface area contributed by atoms with Crippen molar-refractivity contribution >= 4 is 35.2 Å². The summed E-state index contributed by atoms with van der Waals surface area (Å²) in [6.07, 6.45) is 0.380. The van der Waals surface area contributed by atoms with Crippen LogP contribution in [0.1, 0.15) is 37.5 Å². The number of carbonyl (C=O) groups is 2. The van der Waals surface area contributed by atoms with Crippen molar-refractivity contribution in [2.45, 2.75) is 51.1 Å². The highest BCUT2D eigenvalue weighted by Crippen LogP contribution is 2.25. The third kappa shape index (κ3) is 8.38. The average molecular weight is 527 g/mol. The number of benzene rings is 3. The molecule has 0 heterocycles. The van der Waals surface area contributed by atoms with Gasteiger partial charge in [0.25, 0.3) is 0 Å². The maximum absolute atomic E-state index is 14.2. The molecule has 2 amide bonds. The first-order chi connectivity index (χ1) is 17.1. The maximum Gasteiger partial charge on any atom is 0.243 e. The molecule has 0 aliphatic rings. The molecule has 0 fully saturated rings. The van der Waals surface area contributed by atoms with E-state index in [4.69, 9.17) is 11.6 Å². The van der Waals surface area contributed by atoms with Gasteiger partial charge in [-0.2, -0.15) is 0 Å². The van der Waals surface area contributed by atoms with Crippen LogP contribution in [0.15, 0.2) is 78.9 Å². The molecule has 0 saturated heterocycles. The van der Waals surface area contributed by atoms with Gasteiger partial charge in [-0.3, -0.25) is 9.59 Å². The number of amides is 2. The molecule has 190 valence electrons. The summed E-state index contributed by atoms with van der Waals surface area (Å²) < 4.78 is 14.2. The number of halogens is 2. The lowest BCUT2D eigenvalue weighted by Gasteiger charge is -2.34. The van der Waals surface area contributed by atoms with Crippen molar-refractivity contribution in [3.05, 3.63) is 106 Å². The Balaban J connectivity index is 1.86. The predicted octanol–water partition coefficient (Wildman–Crippen LogP) is 6.27. The Labute approximate surface area is 222 Å². The zero-order valence-electron chi connectivity index (χ0n) is 20.8. The monoisotopic (exact) mass is 526 g/mol. The number of carbonyl (C=O) groups excluding carboxylic acids is 2. The van der Waals surface area contributed by atoms with Crippen LogP contribution in [0.4, 0.5) is 4.39 Å². The van der Waals surface area contributed by atoms with Crippen LogP contribution in [0, 0.1) is 5.82 Å². The van der Waals surface area contributed by atoms with E-state index in [-0.39, 0.29) is 29.9 Å². The molecule has 0 saturated carbocycles. The van der Waals surface area contributed by atoms with Gasteiger partial charge in [0.1, 0.15) is 11.9 Å². The summed E-state index contributed by atoms with van der Waals surface area (Å²) in [7, 11) is 0. The Kier molecular flexibility index (Phi) is 9.97. The fraction of sp³-hybridized carbons (Fsp3) is 0.310. The molecule has 1 N–H and O–H groups in total. The highest BCUT2D eigenvalue weighted by Gasteiger charge is 2.32. The van der Waals surface area contributed by atoms with Gasteiger partial charge >= 0.3 is 0 Å². The second kappa shape index (κ2) is 12.9. The van der Waals surface area contributed by atoms with E-state index in [1.165, 1.54) is 17.8 Å². The normalized spacial score (nSPS) is 12.1. The minimum absolute atomic E-state index is 0.0889. The molecule has 1 atom stereocenters. The van der Waals surface area contributed by atoms with E-state index in [0.717, 1.165) is 11.1 Å². The first kappa shape index (κ1) is 27.8. The highest BCUT2D eigenvalue weighted by atomic mass is 35.5. The number of thioether (sulfide) groups is 1. The van der Waals surface area contributed by atoms with Gasteiger partial charge in [-0.25, -0.2) is 4.39 Å². The fourth-order valence-corrected chi connectivity index (χ4v) is 5.03. The topological polar surface area (TPSA) is 49.4 Å². The molecular formula is C29H32ClFN2O2S. The molecule has 0 bridgehead atoms. The maximum atomic E-state index is 14.2. The van der Waals surface area contributed by atoms with Gasteiger partial charge in [-0.05, 0) is 44.0 Å². The molecular weight excluding hydrogens is 495 g/mol. The summed E-state index contributed by atoms with van der Waals surface area (Å²) in [5.41, 5.74) is 1.81. The van der Waals surface area contributed by atoms with Crippen LogP contribution in [0.5, 0.6) is 0 Å². The van der Waals surface area contributed by atoms with Crippen molar-refractivity contribution < 1.29 is 14.0 Å². The molecule has 0 aliphatic carbocycles. The number of nitrogens with one attached hydrogen (secondary N) is 1. The molecule has 3 aromatic carbocycles. The fourth-order valence-electron chi connectivity index (χ4n) is 3.78. The molecule has 7 heteroatoms. The summed E-state index contributed by atoms with van der Waals surface area (Å²) in [5.74, 6) is -0.450. The molecule has 3 aromatic rings. The molecule has 3 rings (SSSR count). The quantitative estimate of drug-likeness (QED) is 0.339. The second-order valence-electron chi connectivity index (χ2n) is 9.65. The van der Waals surface area contributed by atoms with Crippen LogP contribution >= 0.6 is 23.4 Å². The van der Waals surface area contributed by atoms with E-state index < -0.39 is 17.4 Å². The lowest BCUT2D eigenvalue weighted by molar-refractivity contribution is -0.140. The van der Waals surface area contributed by atoms with Gasteiger partial charge in [0, 0.05) is 34.8 Å². The lowest BCUT2D eigenvalue weighted by Crippen LogP contribution is -2.54. The van der Waals surface area contributed by atoms with E-state index in [2.05, 4.69) is 5.32 Å². The first-order valence-electron chi connectivity index (χ1n) is 11.8. The summed E-state index contributed by atoms with van der Waals surface area (Å²) in [6.45, 7) is 6.04. The van der Waals surface area contributed by atoms with Crippen LogP contribution in [-0.4, -0.2) is 34.0 Å². The molecule has 0 aromatic heterocycles. The van der Waals surface area contributed by atoms with E-state index in [9.17, 15) is 14.0 Å². The molecule has 4 nitrogen and oxygen atoms in total. The summed E-state index contributed by atoms with van der Waals surface area (Å²) >= 11 is 7.44. The van der Waals surface area contributed by atoms with E-state index in [0.29, 0.717) is 17.0 Å². The second-order valence-corrected chi connectivity index (χ2v) is 11.0. The Bertz CT molecular complexity index is 1130. The Morgan fingerprint density at radius 2 is 1.56 bits per heavy atom. The van der Waals surface area contributed by atoms with Crippen LogP contribution < -0.4 is 5.32 Å². The van der Waals surface area contributed by atoms with Gasteiger partial charge < -0.3 is 10.2 Å². The molecule has 0 unspecified atom stereocenters. The molecule has 0 radical (unpaired) electrons. The lowest BCUT2D eigenvalue weighted by atomic mass is 10.0. The van der Waals surface area contributed by atoms with Crippen LogP contribution in [0.25, 0.3) is 0 Å². The van der Waals surface area contributed by atoms with Crippen molar-refractivity contribution in [1.82, 2.24) is 10.2 Å². The zero-order valence-corrected chi connectivity index (χ0v) is 22.4. The molecule has 0 aliphatic heterocycles. The van der Waals surface area contributed by atoms with Crippen molar-refractivity contribution in [2.75, 3.05) is 5.75 Å². The van der Waals surface area contributed by atoms with Crippen LogP contribution in [0.2, 0.25) is 5.02 Å². The Morgan fingerprint density at radius 1 is 0.944 bits per heavy atom. The Hall–Kier alpha value is -2.83. The third-order valence-electron chi connectivity index (χ3n) is 5.50. The van der Waals surface area contributed by atoms with Gasteiger partial charge in [0.2, 0.25) is 11.8 Å². The van der Waals surface area contributed by atoms with E-state index >= 15 is 0 Å². The minimum atomic E-state index is -0.711. The number of nitrogens with zero attached hydrogens (tertiary/aromatic N) is 1. The SMILES string of the molecule is CC(C)(C)NC(=O)[C@H](Cc1ccccc1)N(Cc1ccccc1)C(=O)CSCc1c(F)cccc1Cl. The van der Waals surface area contributed by atoms with Crippen molar-refractivity contribution in [3.8, 4) is 0 Å². The van der Waals surface area contributed by atoms with E-state index in [1.807, 2.05) is 81.4 Å². The van der Waals surface area contributed by atoms with Gasteiger partial charge in [0.05, 0.1) is 5.75 Å². The van der Waals surface area contributed by atoms with Crippen molar-refractivity contribution in [3.63, 3.8) is 0 Å². The standard InChI is InChI=1S/C29H32ClFN2O2S/c1-29(2,3)32-28(35)26(17-21-11-6-4-7-12-21)33(18-22-13-8-5-9-14-22)27(34)20-36-19-23-24(30)15-10-16-25(23)31/h4-16,26H,17-20H2,1-3H3,(H,32,35)/t26-/m0/s1. The number of hydrogen-bond donors (Lipinski definition) is 1. The number of hydrogen-bond acceptors (Lipinski definition) is 3. The van der Waals surface area contributed by atoms with Crippen LogP contribution in [-0.2, 0) is 28.3 Å². The van der Waals surface area contributed by atoms with Crippen molar-refractivity contribution in [2.24, 2.45) is 0 Å². The van der Waals surface area contributed by atoms with Crippen molar-refractivity contribution in [1.29, 1.82) is 0 Å². The largest absolute Gasteiger partial charge is 0.350 e. The summed E-state index contributed by atoms with van der Waals surface area (Å²) in [6, 6.07) is 23.1. The average Bonchev–Trinajstić information content (AvgIpc) is 2.83. The summed E-state index contributed by atoms with van der Waals surface area (Å²) in [5, 5.41) is 3.39. The first-order valence-corrected chi connectivity index (χ1v) is 13.4. The highest BCUT2D eigenvalue weighted by molar-refractivity contribution is 7.99. The minimum Gasteiger partial charge on any atom is -0.350 e. The smallest absolute Gasteiger partial charge is 0.243 e.